The van der Waals surface area contributed by atoms with Crippen LogP contribution in [0.25, 0.3) is 0 Å². The fourth-order valence-electron chi connectivity index (χ4n) is 2.53. The maximum absolute atomic E-state index is 12.6. The Kier molecular flexibility index (Phi) is 3.82. The normalized spacial score (nSPS) is 17.4. The van der Waals surface area contributed by atoms with Gasteiger partial charge in [-0.3, -0.25) is 4.79 Å². The number of aliphatic carboxylic acids is 1. The number of hydrogen-bond acceptors (Lipinski definition) is 3. The molecule has 1 atom stereocenters. The molecule has 1 unspecified atom stereocenters. The zero-order valence-corrected chi connectivity index (χ0v) is 13.4. The molecule has 0 saturated heterocycles. The maximum Gasteiger partial charge on any atom is 0.326 e. The number of carboxylic acid groups (broad SMARTS) is 1. The Morgan fingerprint density at radius 1 is 1.19 bits per heavy atom. The van der Waals surface area contributed by atoms with E-state index in [9.17, 15) is 14.7 Å². The van der Waals surface area contributed by atoms with E-state index in [1.54, 1.807) is 12.1 Å². The number of carbonyl (C=O) groups is 2. The van der Waals surface area contributed by atoms with Crippen molar-refractivity contribution in [1.82, 2.24) is 4.90 Å². The highest BCUT2D eigenvalue weighted by molar-refractivity contribution is 9.11. The molecule has 1 aliphatic heterocycles. The summed E-state index contributed by atoms with van der Waals surface area (Å²) >= 11 is 4.64. The number of fused-ring (bicyclic) bond motifs is 1. The Labute approximate surface area is 134 Å². The number of amides is 1. The molecule has 2 aromatic rings. The van der Waals surface area contributed by atoms with Crippen molar-refractivity contribution in [3.05, 3.63) is 56.2 Å². The van der Waals surface area contributed by atoms with Gasteiger partial charge in [0.15, 0.2) is 0 Å². The molecule has 1 aromatic carbocycles. The van der Waals surface area contributed by atoms with Crippen molar-refractivity contribution >= 4 is 39.1 Å². The molecular formula is C15H12BrNO3S. The van der Waals surface area contributed by atoms with Crippen LogP contribution in [-0.4, -0.2) is 27.9 Å². The molecule has 0 saturated carbocycles. The minimum atomic E-state index is -0.964. The van der Waals surface area contributed by atoms with Gasteiger partial charge in [0.25, 0.3) is 5.91 Å². The highest BCUT2D eigenvalue weighted by Gasteiger charge is 2.35. The van der Waals surface area contributed by atoms with Crippen molar-refractivity contribution < 1.29 is 14.7 Å². The van der Waals surface area contributed by atoms with Crippen LogP contribution in [0.1, 0.15) is 20.8 Å². The van der Waals surface area contributed by atoms with Crippen LogP contribution in [0, 0.1) is 0 Å². The Morgan fingerprint density at radius 3 is 2.52 bits per heavy atom. The number of rotatable bonds is 2. The van der Waals surface area contributed by atoms with E-state index < -0.39 is 12.0 Å². The zero-order valence-electron chi connectivity index (χ0n) is 11.0. The average Bonchev–Trinajstić information content (AvgIpc) is 2.91. The fourth-order valence-corrected chi connectivity index (χ4v) is 3.87. The van der Waals surface area contributed by atoms with Crippen LogP contribution in [0.5, 0.6) is 0 Å². The molecule has 0 fully saturated rings. The van der Waals surface area contributed by atoms with Gasteiger partial charge in [-0.2, -0.15) is 0 Å². The summed E-state index contributed by atoms with van der Waals surface area (Å²) in [5, 5.41) is 9.44. The Hall–Kier alpha value is -1.66. The Morgan fingerprint density at radius 2 is 1.90 bits per heavy atom. The monoisotopic (exact) mass is 365 g/mol. The lowest BCUT2D eigenvalue weighted by Crippen LogP contribution is -2.48. The molecule has 1 aromatic heterocycles. The van der Waals surface area contributed by atoms with Crippen LogP contribution in [0.4, 0.5) is 0 Å². The second kappa shape index (κ2) is 5.61. The lowest BCUT2D eigenvalue weighted by molar-refractivity contribution is -0.142. The standard InChI is InChI=1S/C15H12BrNO3S/c16-13-6-5-12(21-13)14(18)17-8-10-4-2-1-3-9(10)7-11(17)15(19)20/h1-6,11H,7-8H2,(H,19,20). The van der Waals surface area contributed by atoms with E-state index in [1.807, 2.05) is 24.3 Å². The van der Waals surface area contributed by atoms with Gasteiger partial charge in [0.1, 0.15) is 6.04 Å². The summed E-state index contributed by atoms with van der Waals surface area (Å²) in [6.45, 7) is 0.335. The minimum absolute atomic E-state index is 0.229. The molecule has 1 aliphatic rings. The van der Waals surface area contributed by atoms with Gasteiger partial charge in [-0.05, 0) is 39.2 Å². The summed E-state index contributed by atoms with van der Waals surface area (Å²) in [5.74, 6) is -1.19. The van der Waals surface area contributed by atoms with Crippen molar-refractivity contribution in [2.45, 2.75) is 19.0 Å². The van der Waals surface area contributed by atoms with Crippen LogP contribution >= 0.6 is 27.3 Å². The molecular weight excluding hydrogens is 354 g/mol. The van der Waals surface area contributed by atoms with Crippen molar-refractivity contribution in [3.63, 3.8) is 0 Å². The molecule has 1 amide bonds. The second-order valence-electron chi connectivity index (χ2n) is 4.86. The molecule has 0 spiro atoms. The number of benzene rings is 1. The van der Waals surface area contributed by atoms with Crippen molar-refractivity contribution in [2.75, 3.05) is 0 Å². The van der Waals surface area contributed by atoms with Crippen molar-refractivity contribution in [3.8, 4) is 0 Å². The number of nitrogens with zero attached hydrogens (tertiary/aromatic N) is 1. The maximum atomic E-state index is 12.6. The van der Waals surface area contributed by atoms with E-state index in [0.717, 1.165) is 14.9 Å². The molecule has 108 valence electrons. The van der Waals surface area contributed by atoms with Crippen LogP contribution < -0.4 is 0 Å². The summed E-state index contributed by atoms with van der Waals surface area (Å²) in [4.78, 5) is 26.1. The second-order valence-corrected chi connectivity index (χ2v) is 7.33. The van der Waals surface area contributed by atoms with Crippen LogP contribution in [0.2, 0.25) is 0 Å². The topological polar surface area (TPSA) is 57.6 Å². The van der Waals surface area contributed by atoms with E-state index >= 15 is 0 Å². The lowest BCUT2D eigenvalue weighted by atomic mass is 9.94. The van der Waals surface area contributed by atoms with E-state index in [0.29, 0.717) is 17.8 Å². The van der Waals surface area contributed by atoms with Gasteiger partial charge < -0.3 is 10.0 Å². The van der Waals surface area contributed by atoms with Crippen LogP contribution in [-0.2, 0) is 17.8 Å². The van der Waals surface area contributed by atoms with Gasteiger partial charge in [0.2, 0.25) is 0 Å². The van der Waals surface area contributed by atoms with Crippen LogP contribution in [0.15, 0.2) is 40.2 Å². The predicted molar refractivity (Wildman–Crippen MR) is 83.5 cm³/mol. The number of carbonyl (C=O) groups excluding carboxylic acids is 1. The first-order valence-corrected chi connectivity index (χ1v) is 8.03. The molecule has 2 heterocycles. The molecule has 3 rings (SSSR count). The van der Waals surface area contributed by atoms with Gasteiger partial charge in [-0.25, -0.2) is 4.79 Å². The Bertz CT molecular complexity index is 712. The highest BCUT2D eigenvalue weighted by atomic mass is 79.9. The molecule has 1 N–H and O–H groups in total. The summed E-state index contributed by atoms with van der Waals surface area (Å²) in [6.07, 6.45) is 0.351. The highest BCUT2D eigenvalue weighted by Crippen LogP contribution is 2.28. The average molecular weight is 366 g/mol. The van der Waals surface area contributed by atoms with Gasteiger partial charge in [0, 0.05) is 13.0 Å². The third kappa shape index (κ3) is 2.73. The lowest BCUT2D eigenvalue weighted by Gasteiger charge is -2.34. The first-order valence-electron chi connectivity index (χ1n) is 6.42. The molecule has 4 nitrogen and oxygen atoms in total. The van der Waals surface area contributed by atoms with Gasteiger partial charge >= 0.3 is 5.97 Å². The van der Waals surface area contributed by atoms with Crippen LogP contribution in [0.3, 0.4) is 0 Å². The summed E-state index contributed by atoms with van der Waals surface area (Å²) in [7, 11) is 0. The SMILES string of the molecule is O=C(O)C1Cc2ccccc2CN1C(=O)c1ccc(Br)s1. The van der Waals surface area contributed by atoms with E-state index in [2.05, 4.69) is 15.9 Å². The van der Waals surface area contributed by atoms with Gasteiger partial charge in [-0.15, -0.1) is 11.3 Å². The quantitative estimate of drug-likeness (QED) is 0.888. The number of hydrogen-bond donors (Lipinski definition) is 1. The molecule has 0 aliphatic carbocycles. The number of carboxylic acids is 1. The van der Waals surface area contributed by atoms with E-state index in [4.69, 9.17) is 0 Å². The number of thiophene rings is 1. The first kappa shape index (κ1) is 14.3. The van der Waals surface area contributed by atoms with Gasteiger partial charge in [-0.1, -0.05) is 24.3 Å². The fraction of sp³-hybridized carbons (Fsp3) is 0.200. The summed E-state index contributed by atoms with van der Waals surface area (Å²) in [6, 6.07) is 10.4. The van der Waals surface area contributed by atoms with E-state index in [1.165, 1.54) is 16.2 Å². The summed E-state index contributed by atoms with van der Waals surface area (Å²) in [5.41, 5.74) is 2.01. The summed E-state index contributed by atoms with van der Waals surface area (Å²) < 4.78 is 0.857. The minimum Gasteiger partial charge on any atom is -0.480 e. The third-order valence-corrected chi connectivity index (χ3v) is 5.19. The predicted octanol–water partition coefficient (Wildman–Crippen LogP) is 3.16. The largest absolute Gasteiger partial charge is 0.480 e. The molecule has 6 heteroatoms. The number of halogens is 1. The molecule has 0 bridgehead atoms. The molecule has 0 radical (unpaired) electrons. The van der Waals surface area contributed by atoms with E-state index in [-0.39, 0.29) is 5.91 Å². The van der Waals surface area contributed by atoms with Crippen molar-refractivity contribution in [1.29, 1.82) is 0 Å². The Balaban J connectivity index is 1.96. The van der Waals surface area contributed by atoms with Gasteiger partial charge in [0.05, 0.1) is 8.66 Å². The molecule has 21 heavy (non-hydrogen) atoms. The third-order valence-electron chi connectivity index (χ3n) is 3.58. The zero-order chi connectivity index (χ0) is 15.0. The van der Waals surface area contributed by atoms with Crippen molar-refractivity contribution in [2.24, 2.45) is 0 Å². The first-order chi connectivity index (χ1) is 10.1. The smallest absolute Gasteiger partial charge is 0.326 e.